The minimum atomic E-state index is 0.199. The average Bonchev–Trinajstić information content (AvgIpc) is 2.62. The molecule has 1 saturated heterocycles. The first-order valence-corrected chi connectivity index (χ1v) is 8.72. The van der Waals surface area contributed by atoms with Gasteiger partial charge in [-0.15, -0.1) is 0 Å². The summed E-state index contributed by atoms with van der Waals surface area (Å²) >= 11 is 6.00. The van der Waals surface area contributed by atoms with E-state index in [0.717, 1.165) is 31.7 Å². The molecule has 0 bridgehead atoms. The number of nitrogens with one attached hydrogen (secondary N) is 1. The van der Waals surface area contributed by atoms with Gasteiger partial charge in [-0.25, -0.2) is 9.97 Å². The van der Waals surface area contributed by atoms with Crippen molar-refractivity contribution in [2.24, 2.45) is 11.1 Å². The maximum atomic E-state index is 8.33. The van der Waals surface area contributed by atoms with E-state index < -0.39 is 0 Å². The van der Waals surface area contributed by atoms with E-state index in [0.29, 0.717) is 22.8 Å². The van der Waals surface area contributed by atoms with Gasteiger partial charge < -0.3 is 16.4 Å². The van der Waals surface area contributed by atoms with Gasteiger partial charge >= 0.3 is 0 Å². The lowest BCUT2D eigenvalue weighted by Gasteiger charge is -2.39. The van der Waals surface area contributed by atoms with Crippen molar-refractivity contribution in [3.63, 3.8) is 0 Å². The Morgan fingerprint density at radius 2 is 2.08 bits per heavy atom. The number of nitrogens with two attached hydrogens (primary N) is 2. The molecule has 5 N–H and O–H groups in total. The number of hydrogen-bond acceptors (Lipinski definition) is 6. The molecule has 2 aromatic rings. The molecule has 1 aliphatic heterocycles. The standard InChI is InChI=1S/C18H23ClN6/c1-18(11-20)5-7-25(8-6-18)14-10-23-16(17(22)24-14)15(21)12-3-2-4-13(19)9-12/h2-4,9-10,21H,5-8,11,20H2,1H3,(H2,22,24). The van der Waals surface area contributed by atoms with Crippen molar-refractivity contribution in [1.82, 2.24) is 9.97 Å². The van der Waals surface area contributed by atoms with Crippen LogP contribution < -0.4 is 16.4 Å². The fourth-order valence-corrected chi connectivity index (χ4v) is 3.19. The highest BCUT2D eigenvalue weighted by Crippen LogP contribution is 2.31. The molecule has 6 nitrogen and oxygen atoms in total. The zero-order chi connectivity index (χ0) is 18.0. The van der Waals surface area contributed by atoms with Gasteiger partial charge in [-0.1, -0.05) is 30.7 Å². The van der Waals surface area contributed by atoms with E-state index in [2.05, 4.69) is 21.8 Å². The largest absolute Gasteiger partial charge is 0.382 e. The molecule has 1 aliphatic rings. The topological polar surface area (TPSA) is 105 Å². The number of piperidine rings is 1. The van der Waals surface area contributed by atoms with Gasteiger partial charge in [0.15, 0.2) is 5.82 Å². The van der Waals surface area contributed by atoms with E-state index >= 15 is 0 Å². The van der Waals surface area contributed by atoms with Crippen LogP contribution in [0.5, 0.6) is 0 Å². The molecule has 0 atom stereocenters. The van der Waals surface area contributed by atoms with Crippen molar-refractivity contribution in [2.45, 2.75) is 19.8 Å². The molecular weight excluding hydrogens is 336 g/mol. The first kappa shape index (κ1) is 17.6. The van der Waals surface area contributed by atoms with Crippen LogP contribution in [-0.2, 0) is 0 Å². The highest BCUT2D eigenvalue weighted by molar-refractivity contribution is 6.31. The van der Waals surface area contributed by atoms with Crippen LogP contribution >= 0.6 is 11.6 Å². The molecule has 7 heteroatoms. The number of nitrogen functional groups attached to an aromatic ring is 1. The molecule has 1 aromatic carbocycles. The zero-order valence-corrected chi connectivity index (χ0v) is 15.1. The summed E-state index contributed by atoms with van der Waals surface area (Å²) in [5.41, 5.74) is 13.4. The highest BCUT2D eigenvalue weighted by atomic mass is 35.5. The number of anilines is 2. The molecule has 0 spiro atoms. The molecule has 0 unspecified atom stereocenters. The van der Waals surface area contributed by atoms with Crippen LogP contribution in [0.15, 0.2) is 30.5 Å². The molecule has 0 aliphatic carbocycles. The lowest BCUT2D eigenvalue weighted by atomic mass is 9.80. The van der Waals surface area contributed by atoms with Crippen molar-refractivity contribution >= 4 is 28.9 Å². The third-order valence-corrected chi connectivity index (χ3v) is 5.16. The molecule has 0 saturated carbocycles. The fourth-order valence-electron chi connectivity index (χ4n) is 3.00. The Hall–Kier alpha value is -2.18. The van der Waals surface area contributed by atoms with E-state index in [4.69, 9.17) is 28.5 Å². The Bertz CT molecular complexity index is 783. The van der Waals surface area contributed by atoms with Crippen LogP contribution in [0.1, 0.15) is 31.0 Å². The maximum absolute atomic E-state index is 8.33. The Kier molecular flexibility index (Phi) is 4.92. The quantitative estimate of drug-likeness (QED) is 0.729. The number of nitrogens with zero attached hydrogens (tertiary/aromatic N) is 3. The third kappa shape index (κ3) is 3.75. The van der Waals surface area contributed by atoms with Crippen molar-refractivity contribution in [2.75, 3.05) is 30.3 Å². The number of benzene rings is 1. The Morgan fingerprint density at radius 1 is 1.36 bits per heavy atom. The minimum absolute atomic E-state index is 0.199. The summed E-state index contributed by atoms with van der Waals surface area (Å²) in [6.07, 6.45) is 3.73. The van der Waals surface area contributed by atoms with E-state index in [9.17, 15) is 0 Å². The van der Waals surface area contributed by atoms with E-state index in [1.807, 2.05) is 6.07 Å². The summed E-state index contributed by atoms with van der Waals surface area (Å²) in [4.78, 5) is 11.0. The molecule has 1 aromatic heterocycles. The summed E-state index contributed by atoms with van der Waals surface area (Å²) in [5.74, 6) is 1.01. The molecular formula is C18H23ClN6. The third-order valence-electron chi connectivity index (χ3n) is 4.92. The summed E-state index contributed by atoms with van der Waals surface area (Å²) in [7, 11) is 0. The average molecular weight is 359 g/mol. The molecule has 0 radical (unpaired) electrons. The van der Waals surface area contributed by atoms with Crippen molar-refractivity contribution in [1.29, 1.82) is 5.41 Å². The van der Waals surface area contributed by atoms with E-state index in [1.54, 1.807) is 24.4 Å². The number of aromatic nitrogens is 2. The number of hydrogen-bond donors (Lipinski definition) is 3. The number of halogens is 1. The lowest BCUT2D eigenvalue weighted by Crippen LogP contribution is -2.42. The predicted molar refractivity (Wildman–Crippen MR) is 102 cm³/mol. The maximum Gasteiger partial charge on any atom is 0.154 e. The zero-order valence-electron chi connectivity index (χ0n) is 14.3. The van der Waals surface area contributed by atoms with Crippen molar-refractivity contribution < 1.29 is 0 Å². The molecule has 132 valence electrons. The molecule has 3 rings (SSSR count). The molecule has 25 heavy (non-hydrogen) atoms. The summed E-state index contributed by atoms with van der Waals surface area (Å²) in [5, 5.41) is 8.90. The van der Waals surface area contributed by atoms with Gasteiger partial charge in [0, 0.05) is 23.7 Å². The Labute approximate surface area is 152 Å². The summed E-state index contributed by atoms with van der Waals surface area (Å²) in [6.45, 7) is 4.68. The van der Waals surface area contributed by atoms with Gasteiger partial charge in [-0.3, -0.25) is 5.41 Å². The Morgan fingerprint density at radius 3 is 2.68 bits per heavy atom. The van der Waals surface area contributed by atoms with E-state index in [1.165, 1.54) is 0 Å². The molecule has 2 heterocycles. The monoisotopic (exact) mass is 358 g/mol. The van der Waals surface area contributed by atoms with Crippen LogP contribution in [0, 0.1) is 10.8 Å². The molecule has 0 amide bonds. The highest BCUT2D eigenvalue weighted by Gasteiger charge is 2.29. The summed E-state index contributed by atoms with van der Waals surface area (Å²) < 4.78 is 0. The predicted octanol–water partition coefficient (Wildman–Crippen LogP) is 2.69. The van der Waals surface area contributed by atoms with Crippen molar-refractivity contribution in [3.8, 4) is 0 Å². The smallest absolute Gasteiger partial charge is 0.154 e. The van der Waals surface area contributed by atoms with Crippen LogP contribution in [0.2, 0.25) is 5.02 Å². The van der Waals surface area contributed by atoms with Gasteiger partial charge in [0.2, 0.25) is 0 Å². The lowest BCUT2D eigenvalue weighted by molar-refractivity contribution is 0.258. The normalized spacial score (nSPS) is 16.7. The van der Waals surface area contributed by atoms with Crippen LogP contribution in [0.25, 0.3) is 0 Å². The van der Waals surface area contributed by atoms with Gasteiger partial charge in [0.1, 0.15) is 11.5 Å². The SMILES string of the molecule is CC1(CN)CCN(c2cnc(C(=N)c3cccc(Cl)c3)c(N)n2)CC1. The second-order valence-corrected chi connectivity index (χ2v) is 7.29. The van der Waals surface area contributed by atoms with Gasteiger partial charge in [-0.05, 0) is 36.9 Å². The Balaban J connectivity index is 1.79. The van der Waals surface area contributed by atoms with Gasteiger partial charge in [0.25, 0.3) is 0 Å². The van der Waals surface area contributed by atoms with Crippen LogP contribution in [0.3, 0.4) is 0 Å². The van der Waals surface area contributed by atoms with Crippen molar-refractivity contribution in [3.05, 3.63) is 46.7 Å². The first-order chi connectivity index (χ1) is 11.9. The summed E-state index contributed by atoms with van der Waals surface area (Å²) in [6, 6.07) is 7.09. The molecule has 1 fully saturated rings. The fraction of sp³-hybridized carbons (Fsp3) is 0.389. The van der Waals surface area contributed by atoms with Gasteiger partial charge in [0.05, 0.1) is 11.9 Å². The number of rotatable bonds is 4. The van der Waals surface area contributed by atoms with Gasteiger partial charge in [-0.2, -0.15) is 0 Å². The second kappa shape index (κ2) is 6.98. The van der Waals surface area contributed by atoms with Crippen LogP contribution in [0.4, 0.5) is 11.6 Å². The first-order valence-electron chi connectivity index (χ1n) is 8.34. The second-order valence-electron chi connectivity index (χ2n) is 6.85. The minimum Gasteiger partial charge on any atom is -0.382 e. The van der Waals surface area contributed by atoms with Crippen LogP contribution in [-0.4, -0.2) is 35.3 Å². The van der Waals surface area contributed by atoms with E-state index in [-0.39, 0.29) is 16.9 Å².